The molecule has 2 aromatic rings. The number of amidine groups is 1. The van der Waals surface area contributed by atoms with Crippen LogP contribution in [0.4, 0.5) is 0 Å². The summed E-state index contributed by atoms with van der Waals surface area (Å²) in [7, 11) is 0. The third kappa shape index (κ3) is 8.35. The van der Waals surface area contributed by atoms with Crippen molar-refractivity contribution in [3.05, 3.63) is 71.8 Å². The Labute approximate surface area is 191 Å². The molecule has 0 amide bonds. The van der Waals surface area contributed by atoms with Crippen molar-refractivity contribution in [2.24, 2.45) is 4.99 Å². The Hall–Kier alpha value is -2.37. The maximum absolute atomic E-state index is 8.49. The van der Waals surface area contributed by atoms with Crippen LogP contribution in [0.1, 0.15) is 11.1 Å². The van der Waals surface area contributed by atoms with Gasteiger partial charge >= 0.3 is 0 Å². The van der Waals surface area contributed by atoms with Crippen LogP contribution in [0, 0.1) is 11.5 Å². The third-order valence-corrected chi connectivity index (χ3v) is 5.90. The van der Waals surface area contributed by atoms with Gasteiger partial charge in [0.1, 0.15) is 0 Å². The molecule has 2 saturated heterocycles. The van der Waals surface area contributed by atoms with E-state index in [-0.39, 0.29) is 0 Å². The Balaban J connectivity index is 0.000000185. The molecule has 1 N–H and O–H groups in total. The van der Waals surface area contributed by atoms with Gasteiger partial charge in [0, 0.05) is 65.4 Å². The molecule has 0 unspecified atom stereocenters. The molecule has 0 saturated carbocycles. The molecule has 2 aliphatic rings. The second-order valence-corrected chi connectivity index (χ2v) is 8.17. The molecule has 0 spiro atoms. The van der Waals surface area contributed by atoms with Crippen molar-refractivity contribution in [1.29, 1.82) is 5.26 Å². The van der Waals surface area contributed by atoms with Gasteiger partial charge in [-0.25, -0.2) is 0 Å². The summed E-state index contributed by atoms with van der Waals surface area (Å²) in [5.74, 6) is 0. The fourth-order valence-electron chi connectivity index (χ4n) is 3.77. The molecule has 0 atom stereocenters. The van der Waals surface area contributed by atoms with Gasteiger partial charge in [-0.2, -0.15) is 5.26 Å². The Morgan fingerprint density at radius 3 is 1.77 bits per heavy atom. The topological polar surface area (TPSA) is 57.9 Å². The normalized spacial score (nSPS) is 18.1. The van der Waals surface area contributed by atoms with Gasteiger partial charge in [-0.05, 0) is 11.1 Å². The number of benzene rings is 2. The predicted octanol–water partition coefficient (Wildman–Crippen LogP) is 2.66. The molecule has 2 fully saturated rings. The fourth-order valence-corrected chi connectivity index (χ4v) is 4.02. The van der Waals surface area contributed by atoms with E-state index in [0.29, 0.717) is 5.17 Å². The zero-order chi connectivity index (χ0) is 21.7. The monoisotopic (exact) mass is 436 g/mol. The lowest BCUT2D eigenvalue weighted by Gasteiger charge is -2.35. The van der Waals surface area contributed by atoms with Gasteiger partial charge in [0.05, 0.1) is 0 Å². The number of hydrogen-bond donors (Lipinski definition) is 2. The van der Waals surface area contributed by atoms with Crippen molar-refractivity contribution >= 4 is 17.8 Å². The van der Waals surface area contributed by atoms with E-state index >= 15 is 0 Å². The van der Waals surface area contributed by atoms with Gasteiger partial charge in [-0.1, -0.05) is 60.7 Å². The van der Waals surface area contributed by atoms with E-state index in [9.17, 15) is 0 Å². The van der Waals surface area contributed by atoms with Gasteiger partial charge in [-0.3, -0.25) is 9.80 Å². The highest BCUT2D eigenvalue weighted by Crippen LogP contribution is 2.09. The maximum Gasteiger partial charge on any atom is 0.208 e. The minimum atomic E-state index is 0.525. The van der Waals surface area contributed by atoms with E-state index in [1.54, 1.807) is 6.19 Å². The summed E-state index contributed by atoms with van der Waals surface area (Å²) >= 11 is 4.22. The SMILES string of the molecule is N#C/N=C(\S)N1CCN(Cc2ccccc2)CC1.c1ccc(CN2CCNCC2)cc1. The molecular weight excluding hydrogens is 404 g/mol. The molecule has 6 nitrogen and oxygen atoms in total. The lowest BCUT2D eigenvalue weighted by molar-refractivity contribution is 0.177. The molecule has 7 heteroatoms. The van der Waals surface area contributed by atoms with E-state index in [1.807, 2.05) is 11.0 Å². The van der Waals surface area contributed by atoms with Gasteiger partial charge in [0.25, 0.3) is 0 Å². The first-order valence-corrected chi connectivity index (χ1v) is 11.3. The van der Waals surface area contributed by atoms with E-state index < -0.39 is 0 Å². The molecular formula is C24H32N6S. The van der Waals surface area contributed by atoms with Crippen LogP contribution in [0.15, 0.2) is 65.7 Å². The van der Waals surface area contributed by atoms with Crippen molar-refractivity contribution < 1.29 is 0 Å². The van der Waals surface area contributed by atoms with Crippen molar-refractivity contribution in [2.45, 2.75) is 13.1 Å². The summed E-state index contributed by atoms with van der Waals surface area (Å²) in [6.07, 6.45) is 1.77. The minimum Gasteiger partial charge on any atom is -0.348 e. The second-order valence-electron chi connectivity index (χ2n) is 7.77. The molecule has 164 valence electrons. The molecule has 2 heterocycles. The second kappa shape index (κ2) is 13.1. The summed E-state index contributed by atoms with van der Waals surface area (Å²) in [6.45, 7) is 10.4. The summed E-state index contributed by atoms with van der Waals surface area (Å²) < 4.78 is 0. The molecule has 31 heavy (non-hydrogen) atoms. The number of nitrogens with zero attached hydrogens (tertiary/aromatic N) is 5. The fraction of sp³-hybridized carbons (Fsp3) is 0.417. The first kappa shape index (κ1) is 23.3. The molecule has 0 aliphatic carbocycles. The van der Waals surface area contributed by atoms with Gasteiger partial charge < -0.3 is 10.2 Å². The maximum atomic E-state index is 8.49. The molecule has 2 aromatic carbocycles. The Bertz CT molecular complexity index is 822. The predicted molar refractivity (Wildman–Crippen MR) is 130 cm³/mol. The van der Waals surface area contributed by atoms with Crippen LogP contribution < -0.4 is 5.32 Å². The summed E-state index contributed by atoms with van der Waals surface area (Å²) in [5.41, 5.74) is 2.76. The lowest BCUT2D eigenvalue weighted by Crippen LogP contribution is -2.47. The highest BCUT2D eigenvalue weighted by Gasteiger charge is 2.18. The van der Waals surface area contributed by atoms with Crippen LogP contribution in [-0.4, -0.2) is 72.2 Å². The molecule has 0 radical (unpaired) electrons. The highest BCUT2D eigenvalue weighted by molar-refractivity contribution is 7.96. The van der Waals surface area contributed by atoms with Crippen molar-refractivity contribution in [3.63, 3.8) is 0 Å². The van der Waals surface area contributed by atoms with Gasteiger partial charge in [0.15, 0.2) is 5.17 Å². The van der Waals surface area contributed by atoms with Crippen LogP contribution in [-0.2, 0) is 13.1 Å². The number of aliphatic imine (C=N–C) groups is 1. The zero-order valence-electron chi connectivity index (χ0n) is 18.0. The minimum absolute atomic E-state index is 0.525. The van der Waals surface area contributed by atoms with Crippen molar-refractivity contribution in [1.82, 2.24) is 20.0 Å². The number of nitrogens with one attached hydrogen (secondary N) is 1. The van der Waals surface area contributed by atoms with Gasteiger partial charge in [0.2, 0.25) is 6.19 Å². The van der Waals surface area contributed by atoms with Crippen LogP contribution in [0.3, 0.4) is 0 Å². The van der Waals surface area contributed by atoms with Crippen LogP contribution >= 0.6 is 12.6 Å². The third-order valence-electron chi connectivity index (χ3n) is 5.51. The first-order chi connectivity index (χ1) is 15.2. The summed E-state index contributed by atoms with van der Waals surface area (Å²) in [4.78, 5) is 10.6. The van der Waals surface area contributed by atoms with Gasteiger partial charge in [-0.15, -0.1) is 17.6 Å². The largest absolute Gasteiger partial charge is 0.348 e. The number of piperazine rings is 2. The smallest absolute Gasteiger partial charge is 0.208 e. The van der Waals surface area contributed by atoms with Crippen LogP contribution in [0.25, 0.3) is 0 Å². The Morgan fingerprint density at radius 2 is 1.29 bits per heavy atom. The van der Waals surface area contributed by atoms with E-state index in [0.717, 1.165) is 52.4 Å². The number of rotatable bonds is 4. The summed E-state index contributed by atoms with van der Waals surface area (Å²) in [6, 6.07) is 21.1. The first-order valence-electron chi connectivity index (χ1n) is 10.9. The summed E-state index contributed by atoms with van der Waals surface area (Å²) in [5, 5.41) is 12.4. The standard InChI is InChI=1S/C13H16N4S.C11H16N2/c14-11-15-13(18)17-8-6-16(7-9-17)10-12-4-2-1-3-5-12;1-2-4-11(5-3-1)10-13-8-6-12-7-9-13/h1-5H,6-10H2,(H,15,18);1-5,12H,6-10H2. The zero-order valence-corrected chi connectivity index (χ0v) is 18.9. The number of hydrogen-bond acceptors (Lipinski definition) is 5. The molecule has 0 bridgehead atoms. The average Bonchev–Trinajstić information content (AvgIpc) is 2.82. The number of thiol groups is 1. The van der Waals surface area contributed by atoms with Crippen LogP contribution in [0.2, 0.25) is 0 Å². The molecule has 2 aliphatic heterocycles. The van der Waals surface area contributed by atoms with E-state index in [1.165, 1.54) is 24.2 Å². The van der Waals surface area contributed by atoms with Crippen molar-refractivity contribution in [2.75, 3.05) is 52.4 Å². The quantitative estimate of drug-likeness (QED) is 0.334. The average molecular weight is 437 g/mol. The van der Waals surface area contributed by atoms with Crippen LogP contribution in [0.5, 0.6) is 0 Å². The lowest BCUT2D eigenvalue weighted by atomic mass is 10.2. The Morgan fingerprint density at radius 1 is 0.806 bits per heavy atom. The molecule has 4 rings (SSSR count). The molecule has 0 aromatic heterocycles. The Kier molecular flexibility index (Phi) is 9.87. The van der Waals surface area contributed by atoms with Crippen molar-refractivity contribution in [3.8, 4) is 6.19 Å². The number of nitriles is 1. The van der Waals surface area contributed by atoms with E-state index in [4.69, 9.17) is 5.26 Å². The highest BCUT2D eigenvalue weighted by atomic mass is 32.1. The van der Waals surface area contributed by atoms with E-state index in [2.05, 4.69) is 87.3 Å².